The number of hydrogen-bond acceptors (Lipinski definition) is 1. The van der Waals surface area contributed by atoms with E-state index in [0.717, 1.165) is 5.75 Å². The van der Waals surface area contributed by atoms with E-state index in [1.807, 2.05) is 0 Å². The van der Waals surface area contributed by atoms with Gasteiger partial charge in [0.05, 0.1) is 7.11 Å². The predicted molar refractivity (Wildman–Crippen MR) is 60.0 cm³/mol. The second-order valence-corrected chi connectivity index (χ2v) is 3.62. The van der Waals surface area contributed by atoms with Gasteiger partial charge in [-0.2, -0.15) is 0 Å². The van der Waals surface area contributed by atoms with Crippen molar-refractivity contribution in [3.05, 3.63) is 41.5 Å². The summed E-state index contributed by atoms with van der Waals surface area (Å²) in [5.41, 5.74) is 2.48. The standard InChI is InChI=1S/C13H14O/c1-9-5-4-6-11-7-10(2)13(14-3)8-12(9)11/h4-8H,1-3H3. The molecule has 2 rings (SSSR count). The molecule has 0 aromatic heterocycles. The summed E-state index contributed by atoms with van der Waals surface area (Å²) in [7, 11) is 1.71. The molecule has 0 unspecified atom stereocenters. The van der Waals surface area contributed by atoms with E-state index in [1.54, 1.807) is 7.11 Å². The minimum absolute atomic E-state index is 0.965. The molecule has 0 aliphatic rings. The summed E-state index contributed by atoms with van der Waals surface area (Å²) in [5, 5.41) is 2.55. The molecule has 2 aromatic carbocycles. The average Bonchev–Trinajstić information content (AvgIpc) is 2.17. The van der Waals surface area contributed by atoms with Crippen LogP contribution >= 0.6 is 0 Å². The first-order chi connectivity index (χ1) is 6.72. The number of fused-ring (bicyclic) bond motifs is 1. The summed E-state index contributed by atoms with van der Waals surface area (Å²) >= 11 is 0. The highest BCUT2D eigenvalue weighted by molar-refractivity contribution is 5.87. The van der Waals surface area contributed by atoms with Crippen LogP contribution in [-0.2, 0) is 0 Å². The normalized spacial score (nSPS) is 10.5. The first kappa shape index (κ1) is 9.07. The van der Waals surface area contributed by atoms with Crippen LogP contribution in [-0.4, -0.2) is 7.11 Å². The molecule has 0 heterocycles. The van der Waals surface area contributed by atoms with E-state index in [4.69, 9.17) is 4.74 Å². The van der Waals surface area contributed by atoms with Crippen LogP contribution in [0.3, 0.4) is 0 Å². The Kier molecular flexibility index (Phi) is 2.16. The van der Waals surface area contributed by atoms with Gasteiger partial charge in [0.25, 0.3) is 0 Å². The van der Waals surface area contributed by atoms with E-state index in [9.17, 15) is 0 Å². The summed E-state index contributed by atoms with van der Waals surface area (Å²) in [5.74, 6) is 0.965. The molecule has 0 saturated heterocycles. The van der Waals surface area contributed by atoms with Crippen LogP contribution < -0.4 is 4.74 Å². The van der Waals surface area contributed by atoms with Crippen LogP contribution in [0.25, 0.3) is 10.8 Å². The molecule has 0 aliphatic carbocycles. The molecule has 0 spiro atoms. The quantitative estimate of drug-likeness (QED) is 0.662. The van der Waals surface area contributed by atoms with Crippen LogP contribution in [0.2, 0.25) is 0 Å². The van der Waals surface area contributed by atoms with Gasteiger partial charge in [-0.3, -0.25) is 0 Å². The number of hydrogen-bond donors (Lipinski definition) is 0. The molecule has 72 valence electrons. The maximum absolute atomic E-state index is 5.31. The van der Waals surface area contributed by atoms with Crippen molar-refractivity contribution in [2.24, 2.45) is 0 Å². The molecular weight excluding hydrogens is 172 g/mol. The van der Waals surface area contributed by atoms with Crippen molar-refractivity contribution in [3.8, 4) is 5.75 Å². The Morgan fingerprint density at radius 1 is 1.00 bits per heavy atom. The number of ether oxygens (including phenoxy) is 1. The molecule has 0 N–H and O–H groups in total. The van der Waals surface area contributed by atoms with Gasteiger partial charge in [-0.1, -0.05) is 18.2 Å². The highest BCUT2D eigenvalue weighted by Gasteiger charge is 2.02. The average molecular weight is 186 g/mol. The van der Waals surface area contributed by atoms with Crippen LogP contribution in [0, 0.1) is 13.8 Å². The number of rotatable bonds is 1. The van der Waals surface area contributed by atoms with Gasteiger partial charge in [0.15, 0.2) is 0 Å². The molecule has 0 atom stereocenters. The summed E-state index contributed by atoms with van der Waals surface area (Å²) in [6.45, 7) is 4.19. The van der Waals surface area contributed by atoms with Crippen LogP contribution in [0.1, 0.15) is 11.1 Å². The Labute approximate surface area is 84.3 Å². The lowest BCUT2D eigenvalue weighted by Gasteiger charge is -2.08. The smallest absolute Gasteiger partial charge is 0.122 e. The van der Waals surface area contributed by atoms with Gasteiger partial charge in [0.1, 0.15) is 5.75 Å². The second kappa shape index (κ2) is 3.33. The zero-order valence-corrected chi connectivity index (χ0v) is 8.79. The van der Waals surface area contributed by atoms with Crippen molar-refractivity contribution in [3.63, 3.8) is 0 Å². The molecular formula is C13H14O. The highest BCUT2D eigenvalue weighted by atomic mass is 16.5. The Morgan fingerprint density at radius 2 is 1.79 bits per heavy atom. The summed E-state index contributed by atoms with van der Waals surface area (Å²) in [6.07, 6.45) is 0. The second-order valence-electron chi connectivity index (χ2n) is 3.62. The molecule has 1 heteroatoms. The Hall–Kier alpha value is -1.50. The Morgan fingerprint density at radius 3 is 2.50 bits per heavy atom. The third kappa shape index (κ3) is 1.35. The fourth-order valence-electron chi connectivity index (χ4n) is 1.80. The number of benzene rings is 2. The zero-order valence-electron chi connectivity index (χ0n) is 8.79. The fraction of sp³-hybridized carbons (Fsp3) is 0.231. The predicted octanol–water partition coefficient (Wildman–Crippen LogP) is 3.47. The third-order valence-corrected chi connectivity index (χ3v) is 2.61. The lowest BCUT2D eigenvalue weighted by atomic mass is 10.0. The molecule has 0 fully saturated rings. The SMILES string of the molecule is COc1cc2c(C)cccc2cc1C. The van der Waals surface area contributed by atoms with Gasteiger partial charge in [-0.15, -0.1) is 0 Å². The maximum atomic E-state index is 5.31. The van der Waals surface area contributed by atoms with Gasteiger partial charge in [-0.25, -0.2) is 0 Å². The lowest BCUT2D eigenvalue weighted by Crippen LogP contribution is -1.88. The molecule has 0 saturated carbocycles. The van der Waals surface area contributed by atoms with E-state index in [-0.39, 0.29) is 0 Å². The van der Waals surface area contributed by atoms with Crippen molar-refractivity contribution in [1.82, 2.24) is 0 Å². The lowest BCUT2D eigenvalue weighted by molar-refractivity contribution is 0.412. The van der Waals surface area contributed by atoms with Crippen molar-refractivity contribution < 1.29 is 4.74 Å². The van der Waals surface area contributed by atoms with Gasteiger partial charge < -0.3 is 4.74 Å². The summed E-state index contributed by atoms with van der Waals surface area (Å²) < 4.78 is 5.31. The first-order valence-electron chi connectivity index (χ1n) is 4.76. The number of methoxy groups -OCH3 is 1. The van der Waals surface area contributed by atoms with Gasteiger partial charge >= 0.3 is 0 Å². The van der Waals surface area contributed by atoms with E-state index in [1.165, 1.54) is 21.9 Å². The zero-order chi connectivity index (χ0) is 10.1. The van der Waals surface area contributed by atoms with E-state index in [2.05, 4.69) is 44.2 Å². The van der Waals surface area contributed by atoms with E-state index < -0.39 is 0 Å². The molecule has 1 nitrogen and oxygen atoms in total. The van der Waals surface area contributed by atoms with Gasteiger partial charge in [-0.05, 0) is 47.9 Å². The van der Waals surface area contributed by atoms with Gasteiger partial charge in [0.2, 0.25) is 0 Å². The van der Waals surface area contributed by atoms with Crippen LogP contribution in [0.5, 0.6) is 5.75 Å². The van der Waals surface area contributed by atoms with Crippen molar-refractivity contribution in [1.29, 1.82) is 0 Å². The third-order valence-electron chi connectivity index (χ3n) is 2.61. The Bertz CT molecular complexity index is 472. The molecule has 0 aliphatic heterocycles. The molecule has 14 heavy (non-hydrogen) atoms. The molecule has 0 amide bonds. The van der Waals surface area contributed by atoms with E-state index in [0.29, 0.717) is 0 Å². The van der Waals surface area contributed by atoms with E-state index >= 15 is 0 Å². The van der Waals surface area contributed by atoms with Gasteiger partial charge in [0, 0.05) is 0 Å². The molecule has 0 radical (unpaired) electrons. The summed E-state index contributed by atoms with van der Waals surface area (Å²) in [4.78, 5) is 0. The molecule has 2 aromatic rings. The minimum atomic E-state index is 0.965. The highest BCUT2D eigenvalue weighted by Crippen LogP contribution is 2.27. The van der Waals surface area contributed by atoms with Crippen LogP contribution in [0.15, 0.2) is 30.3 Å². The number of aryl methyl sites for hydroxylation is 2. The monoisotopic (exact) mass is 186 g/mol. The van der Waals surface area contributed by atoms with Crippen molar-refractivity contribution >= 4 is 10.8 Å². The minimum Gasteiger partial charge on any atom is -0.496 e. The Balaban J connectivity index is 2.80. The van der Waals surface area contributed by atoms with Crippen molar-refractivity contribution in [2.75, 3.05) is 7.11 Å². The molecule has 0 bridgehead atoms. The topological polar surface area (TPSA) is 9.23 Å². The largest absolute Gasteiger partial charge is 0.496 e. The van der Waals surface area contributed by atoms with Crippen molar-refractivity contribution in [2.45, 2.75) is 13.8 Å². The first-order valence-corrected chi connectivity index (χ1v) is 4.76. The van der Waals surface area contributed by atoms with Crippen LogP contribution in [0.4, 0.5) is 0 Å². The maximum Gasteiger partial charge on any atom is 0.122 e. The summed E-state index contributed by atoms with van der Waals surface area (Å²) in [6, 6.07) is 10.6. The fourth-order valence-corrected chi connectivity index (χ4v) is 1.80.